The molecule has 2 aromatic carbocycles. The highest BCUT2D eigenvalue weighted by Crippen LogP contribution is 2.35. The van der Waals surface area contributed by atoms with Crippen LogP contribution in [0.4, 0.5) is 5.69 Å². The molecule has 6 nitrogen and oxygen atoms in total. The van der Waals surface area contributed by atoms with Crippen LogP contribution >= 0.6 is 0 Å². The Morgan fingerprint density at radius 2 is 2.00 bits per heavy atom. The molecular formula is C19H18N2O4. The Labute approximate surface area is 145 Å². The second-order valence-electron chi connectivity index (χ2n) is 6.27. The summed E-state index contributed by atoms with van der Waals surface area (Å²) in [5.74, 6) is 0.758. The predicted octanol–water partition coefficient (Wildman–Crippen LogP) is 2.50. The van der Waals surface area contributed by atoms with Crippen molar-refractivity contribution >= 4 is 17.5 Å². The van der Waals surface area contributed by atoms with Gasteiger partial charge in [-0.3, -0.25) is 9.59 Å². The smallest absolute Gasteiger partial charge is 0.231 e. The number of anilines is 1. The standard InChI is InChI=1S/C19H18N2O4/c1-21(10-12-6-7-16-17(8-12)25-11-24-16)19(23)14-9-18(22)20-15-5-3-2-4-13(14)15/h2-8,14H,9-11H2,1H3,(H,20,22)/t14-/m1/s1. The van der Waals surface area contributed by atoms with Gasteiger partial charge in [0.15, 0.2) is 11.5 Å². The van der Waals surface area contributed by atoms with Gasteiger partial charge in [-0.1, -0.05) is 24.3 Å². The van der Waals surface area contributed by atoms with Gasteiger partial charge in [-0.05, 0) is 29.3 Å². The molecule has 2 amide bonds. The van der Waals surface area contributed by atoms with Gasteiger partial charge >= 0.3 is 0 Å². The van der Waals surface area contributed by atoms with E-state index in [2.05, 4.69) is 5.32 Å². The van der Waals surface area contributed by atoms with Crippen LogP contribution in [0.25, 0.3) is 0 Å². The fourth-order valence-electron chi connectivity index (χ4n) is 3.29. The SMILES string of the molecule is CN(Cc1ccc2c(c1)OCO2)C(=O)[C@@H]1CC(=O)Nc2ccccc21. The average Bonchev–Trinajstić information content (AvgIpc) is 3.08. The number of hydrogen-bond acceptors (Lipinski definition) is 4. The number of amides is 2. The number of nitrogens with zero attached hydrogens (tertiary/aromatic N) is 1. The van der Waals surface area contributed by atoms with Crippen LogP contribution in [0.2, 0.25) is 0 Å². The first-order chi connectivity index (χ1) is 12.1. The molecule has 1 atom stereocenters. The monoisotopic (exact) mass is 338 g/mol. The Morgan fingerprint density at radius 1 is 1.20 bits per heavy atom. The molecule has 128 valence electrons. The van der Waals surface area contributed by atoms with Crippen molar-refractivity contribution in [3.63, 3.8) is 0 Å². The average molecular weight is 338 g/mol. The number of carbonyl (C=O) groups is 2. The van der Waals surface area contributed by atoms with Crippen LogP contribution in [-0.2, 0) is 16.1 Å². The zero-order valence-corrected chi connectivity index (χ0v) is 13.8. The Balaban J connectivity index is 1.53. The molecule has 0 unspecified atom stereocenters. The maximum absolute atomic E-state index is 12.9. The van der Waals surface area contributed by atoms with Crippen LogP contribution in [0.1, 0.15) is 23.5 Å². The van der Waals surface area contributed by atoms with Gasteiger partial charge in [-0.2, -0.15) is 0 Å². The van der Waals surface area contributed by atoms with Crippen LogP contribution in [0.5, 0.6) is 11.5 Å². The van der Waals surface area contributed by atoms with Crippen molar-refractivity contribution in [3.05, 3.63) is 53.6 Å². The molecule has 4 rings (SSSR count). The van der Waals surface area contributed by atoms with Crippen LogP contribution in [0.15, 0.2) is 42.5 Å². The lowest BCUT2D eigenvalue weighted by atomic mass is 9.89. The third kappa shape index (κ3) is 2.91. The lowest BCUT2D eigenvalue weighted by Gasteiger charge is -2.28. The molecule has 0 aliphatic carbocycles. The maximum atomic E-state index is 12.9. The van der Waals surface area contributed by atoms with Crippen molar-refractivity contribution in [2.75, 3.05) is 19.2 Å². The number of likely N-dealkylation sites (N-methyl/N-ethyl adjacent to an activating group) is 1. The Morgan fingerprint density at radius 3 is 2.88 bits per heavy atom. The Bertz CT molecular complexity index is 849. The van der Waals surface area contributed by atoms with E-state index in [1.54, 1.807) is 11.9 Å². The molecule has 2 aromatic rings. The van der Waals surface area contributed by atoms with E-state index in [9.17, 15) is 9.59 Å². The van der Waals surface area contributed by atoms with Gasteiger partial charge in [0.1, 0.15) is 0 Å². The van der Waals surface area contributed by atoms with Gasteiger partial charge < -0.3 is 19.7 Å². The van der Waals surface area contributed by atoms with Gasteiger partial charge in [-0.15, -0.1) is 0 Å². The Kier molecular flexibility index (Phi) is 3.80. The molecule has 0 spiro atoms. The van der Waals surface area contributed by atoms with E-state index in [4.69, 9.17) is 9.47 Å². The van der Waals surface area contributed by atoms with Crippen molar-refractivity contribution in [2.24, 2.45) is 0 Å². The molecule has 25 heavy (non-hydrogen) atoms. The quantitative estimate of drug-likeness (QED) is 0.934. The largest absolute Gasteiger partial charge is 0.454 e. The lowest BCUT2D eigenvalue weighted by molar-refractivity contribution is -0.134. The first-order valence-corrected chi connectivity index (χ1v) is 8.14. The summed E-state index contributed by atoms with van der Waals surface area (Å²) in [6.07, 6.45) is 0.168. The van der Waals surface area contributed by atoms with Crippen molar-refractivity contribution in [2.45, 2.75) is 18.9 Å². The summed E-state index contributed by atoms with van der Waals surface area (Å²) in [6, 6.07) is 13.1. The summed E-state index contributed by atoms with van der Waals surface area (Å²) >= 11 is 0. The second-order valence-corrected chi connectivity index (χ2v) is 6.27. The van der Waals surface area contributed by atoms with Crippen LogP contribution < -0.4 is 14.8 Å². The van der Waals surface area contributed by atoms with Gasteiger partial charge in [0, 0.05) is 25.7 Å². The maximum Gasteiger partial charge on any atom is 0.231 e. The number of benzene rings is 2. The number of fused-ring (bicyclic) bond motifs is 2. The third-order valence-corrected chi connectivity index (χ3v) is 4.53. The molecule has 6 heteroatoms. The highest BCUT2D eigenvalue weighted by Gasteiger charge is 2.32. The number of para-hydroxylation sites is 1. The fourth-order valence-corrected chi connectivity index (χ4v) is 3.29. The number of hydrogen-bond donors (Lipinski definition) is 1. The molecule has 0 bridgehead atoms. The van der Waals surface area contributed by atoms with E-state index in [-0.39, 0.29) is 25.0 Å². The Hall–Kier alpha value is -3.02. The highest BCUT2D eigenvalue weighted by molar-refractivity contribution is 6.01. The molecule has 0 saturated heterocycles. The predicted molar refractivity (Wildman–Crippen MR) is 91.5 cm³/mol. The summed E-state index contributed by atoms with van der Waals surface area (Å²) in [7, 11) is 1.75. The highest BCUT2D eigenvalue weighted by atomic mass is 16.7. The van der Waals surface area contributed by atoms with E-state index in [1.165, 1.54) is 0 Å². The number of carbonyl (C=O) groups excluding carboxylic acids is 2. The van der Waals surface area contributed by atoms with Crippen LogP contribution in [0, 0.1) is 0 Å². The van der Waals surface area contributed by atoms with E-state index in [0.29, 0.717) is 18.0 Å². The van der Waals surface area contributed by atoms with Crippen molar-refractivity contribution < 1.29 is 19.1 Å². The molecular weight excluding hydrogens is 320 g/mol. The third-order valence-electron chi connectivity index (χ3n) is 4.53. The van der Waals surface area contributed by atoms with E-state index in [0.717, 1.165) is 16.9 Å². The van der Waals surface area contributed by atoms with Crippen molar-refractivity contribution in [3.8, 4) is 11.5 Å². The number of ether oxygens (including phenoxy) is 2. The summed E-state index contributed by atoms with van der Waals surface area (Å²) < 4.78 is 10.7. The molecule has 2 aliphatic heterocycles. The zero-order chi connectivity index (χ0) is 17.4. The van der Waals surface area contributed by atoms with E-state index >= 15 is 0 Å². The minimum Gasteiger partial charge on any atom is -0.454 e. The molecule has 0 aromatic heterocycles. The number of nitrogens with one attached hydrogen (secondary N) is 1. The van der Waals surface area contributed by atoms with Gasteiger partial charge in [-0.25, -0.2) is 0 Å². The molecule has 2 aliphatic rings. The van der Waals surface area contributed by atoms with Crippen LogP contribution in [0.3, 0.4) is 0 Å². The molecule has 0 radical (unpaired) electrons. The summed E-state index contributed by atoms with van der Waals surface area (Å²) in [5, 5.41) is 2.82. The number of rotatable bonds is 3. The van der Waals surface area contributed by atoms with Crippen LogP contribution in [-0.4, -0.2) is 30.6 Å². The second kappa shape index (κ2) is 6.12. The zero-order valence-electron chi connectivity index (χ0n) is 13.8. The minimum atomic E-state index is -0.455. The van der Waals surface area contributed by atoms with E-state index in [1.807, 2.05) is 42.5 Å². The van der Waals surface area contributed by atoms with E-state index < -0.39 is 5.92 Å². The normalized spacial score (nSPS) is 17.6. The van der Waals surface area contributed by atoms with Crippen molar-refractivity contribution in [1.29, 1.82) is 0 Å². The molecule has 1 N–H and O–H groups in total. The molecule has 0 fully saturated rings. The summed E-state index contributed by atoms with van der Waals surface area (Å²) in [6.45, 7) is 0.664. The summed E-state index contributed by atoms with van der Waals surface area (Å²) in [5.41, 5.74) is 2.53. The minimum absolute atomic E-state index is 0.0695. The first kappa shape index (κ1) is 15.5. The van der Waals surface area contributed by atoms with Gasteiger partial charge in [0.05, 0.1) is 5.92 Å². The lowest BCUT2D eigenvalue weighted by Crippen LogP contribution is -2.36. The fraction of sp³-hybridized carbons (Fsp3) is 0.263. The summed E-state index contributed by atoms with van der Waals surface area (Å²) in [4.78, 5) is 26.5. The first-order valence-electron chi connectivity index (χ1n) is 8.14. The molecule has 2 heterocycles. The molecule has 0 saturated carbocycles. The van der Waals surface area contributed by atoms with Gasteiger partial charge in [0.25, 0.3) is 0 Å². The van der Waals surface area contributed by atoms with Crippen molar-refractivity contribution in [1.82, 2.24) is 4.90 Å². The topological polar surface area (TPSA) is 67.9 Å². The van der Waals surface area contributed by atoms with Gasteiger partial charge in [0.2, 0.25) is 18.6 Å².